The molecule has 1 aliphatic rings. The van der Waals surface area contributed by atoms with Crippen molar-refractivity contribution in [3.05, 3.63) is 52.5 Å². The average Bonchev–Trinajstić information content (AvgIpc) is 3.26. The van der Waals surface area contributed by atoms with Crippen molar-refractivity contribution in [2.24, 2.45) is 0 Å². The molecule has 1 aliphatic carbocycles. The maximum atomic E-state index is 13.5. The summed E-state index contributed by atoms with van der Waals surface area (Å²) in [6, 6.07) is 9.51. The van der Waals surface area contributed by atoms with Crippen LogP contribution in [0.2, 0.25) is 5.02 Å². The third-order valence-corrected chi connectivity index (χ3v) is 8.63. The molecule has 3 rings (SSSR count). The summed E-state index contributed by atoms with van der Waals surface area (Å²) in [4.78, 5) is 25.4. The Morgan fingerprint density at radius 3 is 2.34 bits per heavy atom. The highest BCUT2D eigenvalue weighted by atomic mass is 35.5. The summed E-state index contributed by atoms with van der Waals surface area (Å²) < 4.78 is 35.5. The van der Waals surface area contributed by atoms with E-state index in [0.717, 1.165) is 11.1 Å². The molecule has 9 heteroatoms. The van der Waals surface area contributed by atoms with Crippen LogP contribution < -0.4 is 10.1 Å². The lowest BCUT2D eigenvalue weighted by atomic mass is 10.1. The molecule has 32 heavy (non-hydrogen) atoms. The van der Waals surface area contributed by atoms with Gasteiger partial charge in [-0.3, -0.25) is 9.59 Å². The fraction of sp³-hybridized carbons (Fsp3) is 0.391. The Morgan fingerprint density at radius 1 is 1.06 bits per heavy atom. The van der Waals surface area contributed by atoms with Crippen LogP contribution in [-0.2, 0) is 24.2 Å². The summed E-state index contributed by atoms with van der Waals surface area (Å²) in [5.41, 5.74) is 2.18. The minimum atomic E-state index is -4.00. The molecular formula is C23H26ClNO6S. The predicted molar refractivity (Wildman–Crippen MR) is 122 cm³/mol. The molecule has 1 fully saturated rings. The average molecular weight is 480 g/mol. The van der Waals surface area contributed by atoms with Crippen LogP contribution in [0.3, 0.4) is 0 Å². The second kappa shape index (κ2) is 9.50. The normalized spacial score (nSPS) is 15.2. The van der Waals surface area contributed by atoms with E-state index >= 15 is 0 Å². The van der Waals surface area contributed by atoms with Crippen LogP contribution in [0.4, 0.5) is 5.69 Å². The molecule has 7 nitrogen and oxygen atoms in total. The second-order valence-corrected chi connectivity index (χ2v) is 10.6. The van der Waals surface area contributed by atoms with Gasteiger partial charge in [0, 0.05) is 5.69 Å². The molecule has 0 bridgehead atoms. The first kappa shape index (κ1) is 24.1. The number of hydrogen-bond donors (Lipinski definition) is 1. The first-order chi connectivity index (χ1) is 15.1. The third kappa shape index (κ3) is 4.61. The molecule has 0 atom stereocenters. The quantitative estimate of drug-likeness (QED) is 0.596. The van der Waals surface area contributed by atoms with Gasteiger partial charge in [-0.2, -0.15) is 0 Å². The van der Waals surface area contributed by atoms with E-state index in [0.29, 0.717) is 29.3 Å². The summed E-state index contributed by atoms with van der Waals surface area (Å²) in [6.45, 7) is 3.11. The van der Waals surface area contributed by atoms with E-state index in [1.54, 1.807) is 24.3 Å². The molecular weight excluding hydrogens is 454 g/mol. The van der Waals surface area contributed by atoms with Crippen LogP contribution in [0.15, 0.2) is 41.3 Å². The van der Waals surface area contributed by atoms with E-state index in [2.05, 4.69) is 5.32 Å². The number of nitrogens with one attached hydrogen (secondary N) is 1. The number of rotatable bonds is 7. The van der Waals surface area contributed by atoms with E-state index in [4.69, 9.17) is 21.1 Å². The Hall–Kier alpha value is -2.58. The van der Waals surface area contributed by atoms with Gasteiger partial charge < -0.3 is 14.8 Å². The van der Waals surface area contributed by atoms with Gasteiger partial charge in [0.25, 0.3) is 5.91 Å². The van der Waals surface area contributed by atoms with Crippen molar-refractivity contribution in [2.75, 3.05) is 19.0 Å². The lowest BCUT2D eigenvalue weighted by Crippen LogP contribution is -2.46. The number of carbonyl (C=O) groups is 2. The van der Waals surface area contributed by atoms with Gasteiger partial charge in [-0.1, -0.05) is 30.5 Å². The molecule has 0 heterocycles. The van der Waals surface area contributed by atoms with Gasteiger partial charge in [0.05, 0.1) is 17.0 Å². The molecule has 0 saturated heterocycles. The molecule has 0 unspecified atom stereocenters. The number of benzene rings is 2. The molecule has 1 N–H and O–H groups in total. The highest BCUT2D eigenvalue weighted by Gasteiger charge is 2.54. The standard InChI is InChI=1S/C23H26ClNO6S/c1-15-6-8-18(12-16(15)2)32(28,29)23(10-4-5-11-23)22(27)31-14-21(26)25-17-7-9-20(30-3)19(24)13-17/h6-9,12-13H,4-5,10-11,14H2,1-3H3,(H,25,26). The van der Waals surface area contributed by atoms with Crippen molar-refractivity contribution in [1.29, 1.82) is 0 Å². The van der Waals surface area contributed by atoms with E-state index in [1.165, 1.54) is 19.2 Å². The number of amides is 1. The summed E-state index contributed by atoms with van der Waals surface area (Å²) in [5, 5.41) is 2.88. The minimum Gasteiger partial charge on any atom is -0.495 e. The molecule has 172 valence electrons. The minimum absolute atomic E-state index is 0.0942. The maximum absolute atomic E-state index is 13.5. The van der Waals surface area contributed by atoms with E-state index in [9.17, 15) is 18.0 Å². The largest absolute Gasteiger partial charge is 0.495 e. The smallest absolute Gasteiger partial charge is 0.328 e. The lowest BCUT2D eigenvalue weighted by Gasteiger charge is -2.26. The Bertz CT molecular complexity index is 1140. The van der Waals surface area contributed by atoms with Crippen LogP contribution in [0.5, 0.6) is 5.75 Å². The zero-order valence-corrected chi connectivity index (χ0v) is 19.8. The third-order valence-electron chi connectivity index (χ3n) is 5.86. The number of halogens is 1. The summed E-state index contributed by atoms with van der Waals surface area (Å²) >= 11 is 6.05. The number of sulfone groups is 1. The van der Waals surface area contributed by atoms with Crippen LogP contribution in [0.1, 0.15) is 36.8 Å². The van der Waals surface area contributed by atoms with Gasteiger partial charge in [0.1, 0.15) is 5.75 Å². The van der Waals surface area contributed by atoms with Gasteiger partial charge in [-0.15, -0.1) is 0 Å². The van der Waals surface area contributed by atoms with Crippen molar-refractivity contribution in [3.8, 4) is 5.75 Å². The SMILES string of the molecule is COc1ccc(NC(=O)COC(=O)C2(S(=O)(=O)c3ccc(C)c(C)c3)CCCC2)cc1Cl. The van der Waals surface area contributed by atoms with Gasteiger partial charge in [0.2, 0.25) is 0 Å². The number of anilines is 1. The maximum Gasteiger partial charge on any atom is 0.328 e. The molecule has 0 aromatic heterocycles. The zero-order chi connectivity index (χ0) is 23.5. The Balaban J connectivity index is 1.74. The lowest BCUT2D eigenvalue weighted by molar-refractivity contribution is -0.149. The first-order valence-corrected chi connectivity index (χ1v) is 12.1. The van der Waals surface area contributed by atoms with Crippen molar-refractivity contribution >= 4 is 39.0 Å². The fourth-order valence-corrected chi connectivity index (χ4v) is 6.23. The van der Waals surface area contributed by atoms with Gasteiger partial charge in [-0.05, 0) is 68.1 Å². The van der Waals surface area contributed by atoms with E-state index in [-0.39, 0.29) is 17.7 Å². The van der Waals surface area contributed by atoms with E-state index < -0.39 is 33.1 Å². The number of esters is 1. The topological polar surface area (TPSA) is 98.8 Å². The molecule has 0 radical (unpaired) electrons. The Labute approximate surface area is 193 Å². The second-order valence-electron chi connectivity index (χ2n) is 7.92. The molecule has 0 aliphatic heterocycles. The summed E-state index contributed by atoms with van der Waals surface area (Å²) in [5.74, 6) is -1.04. The number of ether oxygens (including phenoxy) is 2. The monoisotopic (exact) mass is 479 g/mol. The van der Waals surface area contributed by atoms with E-state index in [1.807, 2.05) is 13.8 Å². The number of carbonyl (C=O) groups excluding carboxylic acids is 2. The number of methoxy groups -OCH3 is 1. The number of aryl methyl sites for hydroxylation is 2. The van der Waals surface area contributed by atoms with Crippen molar-refractivity contribution in [2.45, 2.75) is 49.2 Å². The highest BCUT2D eigenvalue weighted by Crippen LogP contribution is 2.42. The number of hydrogen-bond acceptors (Lipinski definition) is 6. The fourth-order valence-electron chi connectivity index (χ4n) is 3.84. The summed E-state index contributed by atoms with van der Waals surface area (Å²) in [7, 11) is -2.52. The van der Waals surface area contributed by atoms with Crippen molar-refractivity contribution < 1.29 is 27.5 Å². The molecule has 1 amide bonds. The van der Waals surface area contributed by atoms with Crippen molar-refractivity contribution in [3.63, 3.8) is 0 Å². The van der Waals surface area contributed by atoms with Crippen LogP contribution in [0.25, 0.3) is 0 Å². The Morgan fingerprint density at radius 2 is 1.75 bits per heavy atom. The van der Waals surface area contributed by atoms with Crippen LogP contribution in [-0.4, -0.2) is 38.8 Å². The van der Waals surface area contributed by atoms with Gasteiger partial charge in [0.15, 0.2) is 21.2 Å². The van der Waals surface area contributed by atoms with Gasteiger partial charge >= 0.3 is 5.97 Å². The molecule has 1 saturated carbocycles. The zero-order valence-electron chi connectivity index (χ0n) is 18.2. The molecule has 2 aromatic rings. The van der Waals surface area contributed by atoms with Crippen LogP contribution >= 0.6 is 11.6 Å². The van der Waals surface area contributed by atoms with Crippen molar-refractivity contribution in [1.82, 2.24) is 0 Å². The Kier molecular flexibility index (Phi) is 7.15. The predicted octanol–water partition coefficient (Wildman–Crippen LogP) is 4.23. The molecule has 2 aromatic carbocycles. The first-order valence-electron chi connectivity index (χ1n) is 10.2. The highest BCUT2D eigenvalue weighted by molar-refractivity contribution is 7.93. The van der Waals surface area contributed by atoms with Crippen LogP contribution in [0, 0.1) is 13.8 Å². The summed E-state index contributed by atoms with van der Waals surface area (Å²) in [6.07, 6.45) is 1.51. The molecule has 0 spiro atoms. The van der Waals surface area contributed by atoms with Gasteiger partial charge in [-0.25, -0.2) is 8.42 Å².